The van der Waals surface area contributed by atoms with Crippen molar-refractivity contribution in [1.29, 1.82) is 0 Å². The highest BCUT2D eigenvalue weighted by atomic mass is 35.5. The van der Waals surface area contributed by atoms with Crippen LogP contribution in [0.2, 0.25) is 5.02 Å². The molecule has 36 heavy (non-hydrogen) atoms. The van der Waals surface area contributed by atoms with Crippen molar-refractivity contribution in [2.24, 2.45) is 11.8 Å². The number of phenols is 1. The summed E-state index contributed by atoms with van der Waals surface area (Å²) in [5.74, 6) is 1.21. The summed E-state index contributed by atoms with van der Waals surface area (Å²) in [4.78, 5) is 23.4. The fraction of sp³-hybridized carbons (Fsp3) is 0.462. The number of piperidine rings is 1. The predicted molar refractivity (Wildman–Crippen MR) is 135 cm³/mol. The Balaban J connectivity index is 1.39. The lowest BCUT2D eigenvalue weighted by Gasteiger charge is -2.39. The second-order valence-corrected chi connectivity index (χ2v) is 10.6. The van der Waals surface area contributed by atoms with E-state index < -0.39 is 5.82 Å². The fourth-order valence-electron chi connectivity index (χ4n) is 5.99. The summed E-state index contributed by atoms with van der Waals surface area (Å²) in [6.07, 6.45) is 1.34. The van der Waals surface area contributed by atoms with E-state index in [1.165, 1.54) is 24.3 Å². The van der Waals surface area contributed by atoms with Crippen LogP contribution in [-0.2, 0) is 11.3 Å². The van der Waals surface area contributed by atoms with E-state index >= 15 is 0 Å². The Kier molecular flexibility index (Phi) is 5.81. The number of phenolic OH excluding ortho intramolecular Hbond substituents is 1. The highest BCUT2D eigenvalue weighted by molar-refractivity contribution is 6.35. The molecular formula is C26H29ClFN5O3. The van der Waals surface area contributed by atoms with E-state index in [4.69, 9.17) is 21.3 Å². The van der Waals surface area contributed by atoms with Gasteiger partial charge in [0.15, 0.2) is 0 Å². The number of aromatic hydroxyl groups is 1. The molecule has 0 radical (unpaired) electrons. The number of halogens is 2. The summed E-state index contributed by atoms with van der Waals surface area (Å²) < 4.78 is 21.2. The number of hydrogen-bond acceptors (Lipinski definition) is 7. The molecule has 1 aromatic heterocycles. The molecule has 1 aliphatic carbocycles. The number of aromatic nitrogens is 1. The zero-order valence-corrected chi connectivity index (χ0v) is 20.8. The third-order valence-corrected chi connectivity index (χ3v) is 8.32. The number of nitrogens with zero attached hydrogens (tertiary/aromatic N) is 4. The van der Waals surface area contributed by atoms with Gasteiger partial charge in [-0.15, -0.1) is 0 Å². The highest BCUT2D eigenvalue weighted by Crippen LogP contribution is 2.49. The molecule has 0 spiro atoms. The molecule has 10 heteroatoms. The van der Waals surface area contributed by atoms with Crippen LogP contribution in [0.3, 0.4) is 0 Å². The van der Waals surface area contributed by atoms with Crippen molar-refractivity contribution in [2.75, 3.05) is 51.7 Å². The predicted octanol–water partition coefficient (Wildman–Crippen LogP) is 2.81. The topological polar surface area (TPSA) is 81.2 Å². The molecule has 8 nitrogen and oxygen atoms in total. The van der Waals surface area contributed by atoms with Crippen molar-refractivity contribution >= 4 is 23.3 Å². The van der Waals surface area contributed by atoms with Gasteiger partial charge in [-0.05, 0) is 37.1 Å². The van der Waals surface area contributed by atoms with Crippen LogP contribution in [0, 0.1) is 17.7 Å². The number of likely N-dealkylation sites (tertiary alicyclic amines) is 1. The first-order valence-corrected chi connectivity index (χ1v) is 12.7. The molecule has 4 atom stereocenters. The van der Waals surface area contributed by atoms with Gasteiger partial charge < -0.3 is 25.0 Å². The number of ether oxygens (including phenoxy) is 1. The number of fused-ring (bicyclic) bond motifs is 3. The van der Waals surface area contributed by atoms with Gasteiger partial charge in [0.25, 0.3) is 0 Å². The molecule has 4 aliphatic rings. The molecule has 3 aliphatic heterocycles. The van der Waals surface area contributed by atoms with Gasteiger partial charge in [0.05, 0.1) is 17.2 Å². The molecule has 2 N–H and O–H groups in total. The van der Waals surface area contributed by atoms with E-state index in [1.807, 2.05) is 0 Å². The maximum atomic E-state index is 14.9. The molecule has 0 unspecified atom stereocenters. The van der Waals surface area contributed by atoms with Gasteiger partial charge in [-0.1, -0.05) is 24.2 Å². The number of rotatable bonds is 4. The number of piperazine rings is 1. The van der Waals surface area contributed by atoms with Gasteiger partial charge in [-0.3, -0.25) is 9.69 Å². The zero-order chi connectivity index (χ0) is 25.1. The number of benzene rings is 1. The molecular weight excluding hydrogens is 485 g/mol. The number of hydrogen-bond donors (Lipinski definition) is 2. The quantitative estimate of drug-likeness (QED) is 0.608. The summed E-state index contributed by atoms with van der Waals surface area (Å²) in [7, 11) is 2.12. The standard InChI is InChI=1S/C26H29ClFN5O3/c1-3-20(35)33-8-7-32-12-17-25(36-13-14(32)9-33)22(27)24(21-18(28)5-4-6-19(21)34)30-26(17)29-23-15-10-31(2)11-16(15)23/h3-6,14-16,23,34H,1,7-13H2,2H3,(H,29,30)/t14-,15-,16+,23-/m1/s1. The van der Waals surface area contributed by atoms with Crippen LogP contribution in [0.4, 0.5) is 10.2 Å². The average Bonchev–Trinajstić information content (AvgIpc) is 3.39. The molecule has 2 aromatic rings. The van der Waals surface area contributed by atoms with E-state index in [0.29, 0.717) is 56.2 Å². The van der Waals surface area contributed by atoms with E-state index in [0.717, 1.165) is 18.7 Å². The number of amides is 1. The molecule has 0 bridgehead atoms. The molecule has 6 rings (SSSR count). The van der Waals surface area contributed by atoms with Crippen molar-refractivity contribution in [2.45, 2.75) is 18.6 Å². The Morgan fingerprint density at radius 3 is 2.81 bits per heavy atom. The Morgan fingerprint density at radius 1 is 1.31 bits per heavy atom. The molecule has 4 heterocycles. The second-order valence-electron chi connectivity index (χ2n) is 10.2. The van der Waals surface area contributed by atoms with Gasteiger partial charge in [-0.25, -0.2) is 9.37 Å². The summed E-state index contributed by atoms with van der Waals surface area (Å²) in [5, 5.41) is 14.3. The molecule has 1 saturated carbocycles. The van der Waals surface area contributed by atoms with Gasteiger partial charge in [0, 0.05) is 45.3 Å². The molecule has 1 aromatic carbocycles. The first kappa shape index (κ1) is 23.5. The SMILES string of the molecule is C=CC(=O)N1CCN2Cc3c(N[C@@H]4[C@@H]5CN(C)C[C@@H]54)nc(-c4c(O)cccc4F)c(Cl)c3OC[C@H]2C1. The minimum atomic E-state index is -0.607. The minimum absolute atomic E-state index is 0.0294. The van der Waals surface area contributed by atoms with E-state index in [9.17, 15) is 14.3 Å². The van der Waals surface area contributed by atoms with E-state index in [1.54, 1.807) is 4.90 Å². The lowest BCUT2D eigenvalue weighted by molar-refractivity contribution is -0.129. The maximum Gasteiger partial charge on any atom is 0.246 e. The minimum Gasteiger partial charge on any atom is -0.507 e. The normalized spacial score (nSPS) is 27.4. The Labute approximate surface area is 214 Å². The third-order valence-electron chi connectivity index (χ3n) is 7.97. The number of anilines is 1. The van der Waals surface area contributed by atoms with Crippen molar-refractivity contribution in [3.8, 4) is 22.8 Å². The molecule has 190 valence electrons. The largest absolute Gasteiger partial charge is 0.507 e. The molecule has 3 fully saturated rings. The Morgan fingerprint density at radius 2 is 2.08 bits per heavy atom. The summed E-state index contributed by atoms with van der Waals surface area (Å²) >= 11 is 6.82. The first-order chi connectivity index (χ1) is 17.4. The van der Waals surface area contributed by atoms with Crippen LogP contribution in [0.25, 0.3) is 11.3 Å². The number of carbonyl (C=O) groups excluding carboxylic acids is 1. The Bertz CT molecular complexity index is 1210. The molecule has 2 saturated heterocycles. The Hall–Kier alpha value is -2.88. The van der Waals surface area contributed by atoms with E-state index in [-0.39, 0.29) is 40.0 Å². The van der Waals surface area contributed by atoms with Crippen molar-refractivity contribution < 1.29 is 19.0 Å². The van der Waals surface area contributed by atoms with E-state index in [2.05, 4.69) is 28.7 Å². The number of nitrogens with one attached hydrogen (secondary N) is 1. The van der Waals surface area contributed by atoms with Crippen molar-refractivity contribution in [1.82, 2.24) is 19.7 Å². The van der Waals surface area contributed by atoms with Crippen LogP contribution in [-0.4, -0.2) is 89.2 Å². The van der Waals surface area contributed by atoms with Crippen LogP contribution in [0.5, 0.6) is 11.5 Å². The summed E-state index contributed by atoms with van der Waals surface area (Å²) in [6.45, 7) is 8.31. The van der Waals surface area contributed by atoms with Gasteiger partial charge >= 0.3 is 0 Å². The molecule has 1 amide bonds. The van der Waals surface area contributed by atoms with Crippen LogP contribution in [0.15, 0.2) is 30.9 Å². The number of pyridine rings is 1. The smallest absolute Gasteiger partial charge is 0.246 e. The lowest BCUT2D eigenvalue weighted by atomic mass is 10.1. The van der Waals surface area contributed by atoms with Crippen LogP contribution in [0.1, 0.15) is 5.56 Å². The maximum absolute atomic E-state index is 14.9. The van der Waals surface area contributed by atoms with Crippen LogP contribution < -0.4 is 10.1 Å². The first-order valence-electron chi connectivity index (χ1n) is 12.3. The summed E-state index contributed by atoms with van der Waals surface area (Å²) in [5.41, 5.74) is 0.932. The van der Waals surface area contributed by atoms with Crippen molar-refractivity contribution in [3.63, 3.8) is 0 Å². The average molecular weight is 514 g/mol. The summed E-state index contributed by atoms with van der Waals surface area (Å²) in [6, 6.07) is 4.39. The third kappa shape index (κ3) is 3.90. The van der Waals surface area contributed by atoms with Gasteiger partial charge in [-0.2, -0.15) is 0 Å². The van der Waals surface area contributed by atoms with Crippen LogP contribution >= 0.6 is 11.6 Å². The van der Waals surface area contributed by atoms with Gasteiger partial charge in [0.1, 0.15) is 40.5 Å². The highest BCUT2D eigenvalue weighted by Gasteiger charge is 2.55. The number of carbonyl (C=O) groups is 1. The lowest BCUT2D eigenvalue weighted by Crippen LogP contribution is -2.55. The fourth-order valence-corrected chi connectivity index (χ4v) is 6.29. The van der Waals surface area contributed by atoms with Gasteiger partial charge in [0.2, 0.25) is 5.91 Å². The van der Waals surface area contributed by atoms with Crippen molar-refractivity contribution in [3.05, 3.63) is 47.3 Å². The second kappa shape index (κ2) is 8.90. The zero-order valence-electron chi connectivity index (χ0n) is 20.1. The monoisotopic (exact) mass is 513 g/mol.